The summed E-state index contributed by atoms with van der Waals surface area (Å²) in [6.45, 7) is 8.42. The van der Waals surface area contributed by atoms with Gasteiger partial charge in [-0.25, -0.2) is 0 Å². The van der Waals surface area contributed by atoms with Crippen LogP contribution in [-0.4, -0.2) is 35.7 Å². The van der Waals surface area contributed by atoms with Crippen LogP contribution in [0.5, 0.6) is 0 Å². The van der Waals surface area contributed by atoms with Gasteiger partial charge in [-0.05, 0) is 32.1 Å². The monoisotopic (exact) mass is 256 g/mol. The molecule has 2 fully saturated rings. The van der Waals surface area contributed by atoms with Gasteiger partial charge in [0.05, 0.1) is 12.1 Å². The van der Waals surface area contributed by atoms with E-state index in [1.165, 1.54) is 18.6 Å². The van der Waals surface area contributed by atoms with Gasteiger partial charge in [-0.3, -0.25) is 4.99 Å². The highest BCUT2D eigenvalue weighted by Gasteiger charge is 2.30. The Morgan fingerprint density at radius 2 is 2.41 bits per heavy atom. The third-order valence-electron chi connectivity index (χ3n) is 3.64. The van der Waals surface area contributed by atoms with Crippen molar-refractivity contribution >= 4 is 16.9 Å². The number of rotatable bonds is 3. The summed E-state index contributed by atoms with van der Waals surface area (Å²) < 4.78 is 5.76. The van der Waals surface area contributed by atoms with Gasteiger partial charge >= 0.3 is 0 Å². The molecule has 0 bridgehead atoms. The normalized spacial score (nSPS) is 36.5. The third-order valence-corrected chi connectivity index (χ3v) is 4.60. The minimum absolute atomic E-state index is 0.0139. The van der Waals surface area contributed by atoms with Gasteiger partial charge in [0.15, 0.2) is 5.17 Å². The Labute approximate surface area is 109 Å². The van der Waals surface area contributed by atoms with E-state index in [1.807, 2.05) is 11.8 Å². The van der Waals surface area contributed by atoms with Crippen molar-refractivity contribution in [2.45, 2.75) is 51.7 Å². The van der Waals surface area contributed by atoms with E-state index in [-0.39, 0.29) is 5.60 Å². The lowest BCUT2D eigenvalue weighted by Gasteiger charge is -2.29. The number of aliphatic imine (C=N–C) groups is 1. The third kappa shape index (κ3) is 3.62. The van der Waals surface area contributed by atoms with Crippen LogP contribution in [0.1, 0.15) is 40.0 Å². The summed E-state index contributed by atoms with van der Waals surface area (Å²) in [6, 6.07) is 0.590. The first kappa shape index (κ1) is 13.2. The Morgan fingerprint density at radius 1 is 1.59 bits per heavy atom. The van der Waals surface area contributed by atoms with Crippen LogP contribution < -0.4 is 5.32 Å². The fourth-order valence-electron chi connectivity index (χ4n) is 2.35. The van der Waals surface area contributed by atoms with Gasteiger partial charge in [0.25, 0.3) is 0 Å². The van der Waals surface area contributed by atoms with Crippen molar-refractivity contribution in [1.29, 1.82) is 0 Å². The summed E-state index contributed by atoms with van der Waals surface area (Å²) in [4.78, 5) is 4.71. The topological polar surface area (TPSA) is 33.6 Å². The van der Waals surface area contributed by atoms with Gasteiger partial charge in [-0.15, -0.1) is 0 Å². The molecule has 0 aromatic rings. The van der Waals surface area contributed by atoms with Crippen molar-refractivity contribution in [3.05, 3.63) is 0 Å². The average Bonchev–Trinajstić information content (AvgIpc) is 2.75. The van der Waals surface area contributed by atoms with Gasteiger partial charge in [0.2, 0.25) is 0 Å². The summed E-state index contributed by atoms with van der Waals surface area (Å²) in [5.74, 6) is 1.87. The van der Waals surface area contributed by atoms with Crippen molar-refractivity contribution in [2.75, 3.05) is 18.9 Å². The van der Waals surface area contributed by atoms with Crippen molar-refractivity contribution in [3.8, 4) is 0 Å². The first-order valence-electron chi connectivity index (χ1n) is 6.67. The molecule has 0 aromatic carbocycles. The van der Waals surface area contributed by atoms with E-state index < -0.39 is 0 Å². The molecule has 2 rings (SSSR count). The number of nitrogens with zero attached hydrogens (tertiary/aromatic N) is 1. The van der Waals surface area contributed by atoms with Crippen LogP contribution in [0.2, 0.25) is 0 Å². The molecule has 2 unspecified atom stereocenters. The van der Waals surface area contributed by atoms with Crippen LogP contribution in [-0.2, 0) is 4.74 Å². The molecular formula is C13H24N2OS. The average molecular weight is 256 g/mol. The molecule has 0 spiro atoms. The molecule has 98 valence electrons. The maximum atomic E-state index is 5.76. The number of amidine groups is 1. The lowest BCUT2D eigenvalue weighted by Crippen LogP contribution is -2.42. The number of hydrogen-bond donors (Lipinski definition) is 1. The Kier molecular flexibility index (Phi) is 4.36. The predicted molar refractivity (Wildman–Crippen MR) is 74.7 cm³/mol. The minimum Gasteiger partial charge on any atom is -0.373 e. The molecule has 17 heavy (non-hydrogen) atoms. The van der Waals surface area contributed by atoms with E-state index in [0.717, 1.165) is 24.7 Å². The summed E-state index contributed by atoms with van der Waals surface area (Å²) >= 11 is 1.85. The van der Waals surface area contributed by atoms with Gasteiger partial charge in [0, 0.05) is 18.4 Å². The van der Waals surface area contributed by atoms with Crippen LogP contribution in [0.4, 0.5) is 0 Å². The zero-order valence-electron chi connectivity index (χ0n) is 11.2. The Bertz CT molecular complexity index is 285. The number of ether oxygens (including phenoxy) is 1. The molecule has 0 aromatic heterocycles. The molecule has 2 saturated heterocycles. The summed E-state index contributed by atoms with van der Waals surface area (Å²) in [5.41, 5.74) is -0.0139. The molecule has 0 aliphatic carbocycles. The highest BCUT2D eigenvalue weighted by molar-refractivity contribution is 8.13. The van der Waals surface area contributed by atoms with E-state index in [1.54, 1.807) is 0 Å². The summed E-state index contributed by atoms with van der Waals surface area (Å²) in [5, 5.41) is 4.67. The second-order valence-corrected chi connectivity index (χ2v) is 6.74. The first-order chi connectivity index (χ1) is 8.09. The molecule has 2 aliphatic heterocycles. The zero-order valence-corrected chi connectivity index (χ0v) is 12.0. The van der Waals surface area contributed by atoms with Gasteiger partial charge in [0.1, 0.15) is 0 Å². The molecule has 2 atom stereocenters. The first-order valence-corrected chi connectivity index (χ1v) is 7.65. The van der Waals surface area contributed by atoms with Crippen LogP contribution in [0, 0.1) is 5.92 Å². The lowest BCUT2D eigenvalue weighted by molar-refractivity contribution is 0.0284. The minimum atomic E-state index is -0.0139. The number of hydrogen-bond acceptors (Lipinski definition) is 3. The molecule has 1 N–H and O–H groups in total. The number of thioether (sulfide) groups is 1. The van der Waals surface area contributed by atoms with E-state index >= 15 is 0 Å². The van der Waals surface area contributed by atoms with E-state index in [4.69, 9.17) is 9.73 Å². The summed E-state index contributed by atoms with van der Waals surface area (Å²) in [7, 11) is 0. The zero-order chi connectivity index (χ0) is 12.3. The fourth-order valence-corrected chi connectivity index (χ4v) is 3.30. The van der Waals surface area contributed by atoms with Crippen molar-refractivity contribution < 1.29 is 4.74 Å². The largest absolute Gasteiger partial charge is 0.373 e. The van der Waals surface area contributed by atoms with E-state index in [9.17, 15) is 0 Å². The Hall–Kier alpha value is -0.220. The Morgan fingerprint density at radius 3 is 3.06 bits per heavy atom. The second kappa shape index (κ2) is 5.61. The molecule has 2 heterocycles. The molecule has 3 nitrogen and oxygen atoms in total. The van der Waals surface area contributed by atoms with Crippen LogP contribution in [0.15, 0.2) is 4.99 Å². The Balaban J connectivity index is 1.88. The second-order valence-electron chi connectivity index (χ2n) is 5.66. The quantitative estimate of drug-likeness (QED) is 0.843. The smallest absolute Gasteiger partial charge is 0.156 e. The maximum absolute atomic E-state index is 5.76. The van der Waals surface area contributed by atoms with Crippen molar-refractivity contribution in [1.82, 2.24) is 5.32 Å². The van der Waals surface area contributed by atoms with Crippen molar-refractivity contribution in [2.24, 2.45) is 10.9 Å². The maximum Gasteiger partial charge on any atom is 0.156 e. The van der Waals surface area contributed by atoms with Gasteiger partial charge in [-0.1, -0.05) is 25.6 Å². The summed E-state index contributed by atoms with van der Waals surface area (Å²) in [6.07, 6.45) is 3.56. The molecule has 0 radical (unpaired) electrons. The molecule has 4 heteroatoms. The van der Waals surface area contributed by atoms with Crippen LogP contribution in [0.25, 0.3) is 0 Å². The molecule has 0 amide bonds. The van der Waals surface area contributed by atoms with Crippen molar-refractivity contribution in [3.63, 3.8) is 0 Å². The van der Waals surface area contributed by atoms with E-state index in [0.29, 0.717) is 12.0 Å². The van der Waals surface area contributed by atoms with E-state index in [2.05, 4.69) is 26.1 Å². The SMILES string of the molecule is CC(C)C1CCSC(=NCC2(C)CCCO2)N1. The van der Waals surface area contributed by atoms with Crippen LogP contribution in [0.3, 0.4) is 0 Å². The van der Waals surface area contributed by atoms with Crippen LogP contribution >= 0.6 is 11.8 Å². The fraction of sp³-hybridized carbons (Fsp3) is 0.923. The lowest BCUT2D eigenvalue weighted by atomic mass is 10.0. The van der Waals surface area contributed by atoms with Gasteiger partial charge < -0.3 is 10.1 Å². The molecule has 0 saturated carbocycles. The predicted octanol–water partition coefficient (Wildman–Crippen LogP) is 2.66. The van der Waals surface area contributed by atoms with Gasteiger partial charge in [-0.2, -0.15) is 0 Å². The highest BCUT2D eigenvalue weighted by atomic mass is 32.2. The number of nitrogens with one attached hydrogen (secondary N) is 1. The standard InChI is InChI=1S/C13H24N2OS/c1-10(2)11-5-8-17-12(15-11)14-9-13(3)6-4-7-16-13/h10-11H,4-9H2,1-3H3,(H,14,15). The highest BCUT2D eigenvalue weighted by Crippen LogP contribution is 2.26. The molecular weight excluding hydrogens is 232 g/mol. The molecule has 2 aliphatic rings.